The lowest BCUT2D eigenvalue weighted by molar-refractivity contribution is 0.601. The van der Waals surface area contributed by atoms with E-state index in [2.05, 4.69) is 20.3 Å². The lowest BCUT2D eigenvalue weighted by atomic mass is 10.1. The maximum absolute atomic E-state index is 11.9. The summed E-state index contributed by atoms with van der Waals surface area (Å²) in [6.07, 6.45) is 2.71. The van der Waals surface area contributed by atoms with Crippen molar-refractivity contribution in [3.63, 3.8) is 0 Å². The van der Waals surface area contributed by atoms with E-state index in [1.165, 1.54) is 12.5 Å². The first-order valence-corrected chi connectivity index (χ1v) is 10.9. The summed E-state index contributed by atoms with van der Waals surface area (Å²) in [5, 5.41) is 4.26. The molecule has 0 amide bonds. The number of rotatable bonds is 4. The van der Waals surface area contributed by atoms with Crippen LogP contribution < -0.4 is 5.32 Å². The molecule has 0 fully saturated rings. The first kappa shape index (κ1) is 24.1. The van der Waals surface area contributed by atoms with E-state index in [4.69, 9.17) is 23.2 Å². The molecule has 0 saturated heterocycles. The molecule has 0 saturated carbocycles. The van der Waals surface area contributed by atoms with Crippen LogP contribution in [-0.4, -0.2) is 29.6 Å². The van der Waals surface area contributed by atoms with Crippen molar-refractivity contribution in [1.29, 1.82) is 0 Å². The minimum atomic E-state index is -3.29. The van der Waals surface area contributed by atoms with Crippen molar-refractivity contribution in [2.75, 3.05) is 11.6 Å². The highest BCUT2D eigenvalue weighted by Gasteiger charge is 2.14. The number of anilines is 1. The largest absolute Gasteiger partial charge is 0.365 e. The number of nitrogens with zero attached hydrogens (tertiary/aromatic N) is 3. The third-order valence-corrected chi connectivity index (χ3v) is 5.38. The van der Waals surface area contributed by atoms with Gasteiger partial charge in [-0.2, -0.15) is 0 Å². The van der Waals surface area contributed by atoms with Gasteiger partial charge in [0.25, 0.3) is 0 Å². The van der Waals surface area contributed by atoms with Gasteiger partial charge in [-0.05, 0) is 41.8 Å². The highest BCUT2D eigenvalue weighted by atomic mass is 35.5. The van der Waals surface area contributed by atoms with Gasteiger partial charge in [0, 0.05) is 18.2 Å². The SMILES string of the molecule is C.CC.Cc1c(CNc2nc(Cl)nc3cnc(Cl)cc23)cccc1S(C)(=O)=O. The van der Waals surface area contributed by atoms with Crippen LogP contribution in [0.15, 0.2) is 35.4 Å². The Morgan fingerprint density at radius 2 is 1.82 bits per heavy atom. The molecule has 0 radical (unpaired) electrons. The molecular formula is C19H24Cl2N4O2S. The molecule has 1 aromatic carbocycles. The first-order chi connectivity index (χ1) is 12.8. The average Bonchev–Trinajstić information content (AvgIpc) is 2.61. The number of sulfone groups is 1. The van der Waals surface area contributed by atoms with Crippen molar-refractivity contribution in [3.8, 4) is 0 Å². The second-order valence-electron chi connectivity index (χ2n) is 5.53. The molecule has 6 nitrogen and oxygen atoms in total. The van der Waals surface area contributed by atoms with Crippen LogP contribution in [0.4, 0.5) is 5.82 Å². The van der Waals surface area contributed by atoms with Gasteiger partial charge >= 0.3 is 0 Å². The Labute approximate surface area is 176 Å². The monoisotopic (exact) mass is 442 g/mol. The van der Waals surface area contributed by atoms with Crippen molar-refractivity contribution in [3.05, 3.63) is 52.0 Å². The van der Waals surface area contributed by atoms with E-state index in [-0.39, 0.29) is 12.7 Å². The second-order valence-corrected chi connectivity index (χ2v) is 8.24. The predicted molar refractivity (Wildman–Crippen MR) is 117 cm³/mol. The van der Waals surface area contributed by atoms with E-state index in [0.717, 1.165) is 5.56 Å². The Bertz CT molecular complexity index is 1070. The molecule has 3 aromatic rings. The topological polar surface area (TPSA) is 84.8 Å². The summed E-state index contributed by atoms with van der Waals surface area (Å²) >= 11 is 11.9. The third kappa shape index (κ3) is 5.53. The Kier molecular flexibility index (Phi) is 8.60. The van der Waals surface area contributed by atoms with Crippen molar-refractivity contribution < 1.29 is 8.42 Å². The van der Waals surface area contributed by atoms with Gasteiger partial charge < -0.3 is 5.32 Å². The van der Waals surface area contributed by atoms with Crippen molar-refractivity contribution in [1.82, 2.24) is 15.0 Å². The van der Waals surface area contributed by atoms with Gasteiger partial charge in [0.05, 0.1) is 16.6 Å². The molecule has 0 spiro atoms. The quantitative estimate of drug-likeness (QED) is 0.434. The summed E-state index contributed by atoms with van der Waals surface area (Å²) in [4.78, 5) is 12.6. The van der Waals surface area contributed by atoms with Crippen LogP contribution in [0.25, 0.3) is 10.9 Å². The molecule has 0 bridgehead atoms. The Morgan fingerprint density at radius 3 is 2.46 bits per heavy atom. The summed E-state index contributed by atoms with van der Waals surface area (Å²) in [6.45, 7) is 6.15. The van der Waals surface area contributed by atoms with Crippen LogP contribution in [-0.2, 0) is 16.4 Å². The standard InChI is InChI=1S/C16H14Cl2N4O2S.C2H6.CH4/c1-9-10(4-3-5-13(9)25(2,23)24)7-20-15-11-6-14(17)19-8-12(11)21-16(18)22-15;1-2;/h3-6,8H,7H2,1-2H3,(H,20,21,22);1-2H3;1H4. The fourth-order valence-corrected chi connectivity index (χ4v) is 3.89. The fourth-order valence-electron chi connectivity index (χ4n) is 2.55. The van der Waals surface area contributed by atoms with Gasteiger partial charge in [-0.15, -0.1) is 0 Å². The molecule has 3 rings (SSSR count). The zero-order chi connectivity index (χ0) is 20.2. The summed E-state index contributed by atoms with van der Waals surface area (Å²) in [5.41, 5.74) is 2.10. The highest BCUT2D eigenvalue weighted by Crippen LogP contribution is 2.25. The molecule has 1 N–H and O–H groups in total. The summed E-state index contributed by atoms with van der Waals surface area (Å²) < 4.78 is 23.7. The van der Waals surface area contributed by atoms with E-state index in [1.807, 2.05) is 19.9 Å². The summed E-state index contributed by atoms with van der Waals surface area (Å²) in [5.74, 6) is 0.503. The molecule has 2 heterocycles. The van der Waals surface area contributed by atoms with E-state index in [9.17, 15) is 8.42 Å². The zero-order valence-electron chi connectivity index (χ0n) is 15.4. The maximum atomic E-state index is 11.9. The van der Waals surface area contributed by atoms with Crippen LogP contribution in [0, 0.1) is 6.92 Å². The number of nitrogens with one attached hydrogen (secondary N) is 1. The molecule has 2 aromatic heterocycles. The lowest BCUT2D eigenvalue weighted by Gasteiger charge is -2.13. The zero-order valence-corrected chi connectivity index (χ0v) is 17.7. The van der Waals surface area contributed by atoms with Crippen LogP contribution in [0.3, 0.4) is 0 Å². The minimum absolute atomic E-state index is 0. The number of hydrogen-bond acceptors (Lipinski definition) is 6. The normalized spacial score (nSPS) is 10.6. The van der Waals surface area contributed by atoms with Crippen molar-refractivity contribution in [2.45, 2.75) is 39.6 Å². The van der Waals surface area contributed by atoms with Crippen molar-refractivity contribution in [2.24, 2.45) is 0 Å². The van der Waals surface area contributed by atoms with E-state index < -0.39 is 9.84 Å². The summed E-state index contributed by atoms with van der Waals surface area (Å²) in [7, 11) is -3.29. The molecule has 0 aliphatic heterocycles. The van der Waals surface area contributed by atoms with Gasteiger partial charge in [0.15, 0.2) is 9.84 Å². The van der Waals surface area contributed by atoms with Crippen LogP contribution in [0.5, 0.6) is 0 Å². The molecule has 9 heteroatoms. The van der Waals surface area contributed by atoms with Gasteiger partial charge in [-0.3, -0.25) is 0 Å². The van der Waals surface area contributed by atoms with Gasteiger partial charge in [-0.25, -0.2) is 23.4 Å². The highest BCUT2D eigenvalue weighted by molar-refractivity contribution is 7.90. The van der Waals surface area contributed by atoms with E-state index >= 15 is 0 Å². The Hall–Kier alpha value is -1.96. The number of halogens is 2. The minimum Gasteiger partial charge on any atom is -0.365 e. The number of pyridine rings is 1. The predicted octanol–water partition coefficient (Wildman–Crippen LogP) is 5.32. The molecule has 0 atom stereocenters. The van der Waals surface area contributed by atoms with Crippen LogP contribution in [0.2, 0.25) is 10.4 Å². The first-order valence-electron chi connectivity index (χ1n) is 8.27. The number of fused-ring (bicyclic) bond motifs is 1. The second kappa shape index (κ2) is 10.0. The lowest BCUT2D eigenvalue weighted by Crippen LogP contribution is -2.08. The van der Waals surface area contributed by atoms with Crippen molar-refractivity contribution >= 4 is 49.8 Å². The maximum Gasteiger partial charge on any atom is 0.224 e. The number of benzene rings is 1. The molecule has 0 unspecified atom stereocenters. The molecule has 0 aliphatic carbocycles. The van der Waals surface area contributed by atoms with Gasteiger partial charge in [0.1, 0.15) is 11.0 Å². The van der Waals surface area contributed by atoms with Gasteiger partial charge in [-0.1, -0.05) is 45.0 Å². The van der Waals surface area contributed by atoms with Crippen LogP contribution in [0.1, 0.15) is 32.4 Å². The smallest absolute Gasteiger partial charge is 0.224 e. The summed E-state index contributed by atoms with van der Waals surface area (Å²) in [6, 6.07) is 6.81. The van der Waals surface area contributed by atoms with E-state index in [0.29, 0.717) is 38.9 Å². The Morgan fingerprint density at radius 1 is 1.14 bits per heavy atom. The van der Waals surface area contributed by atoms with E-state index in [1.54, 1.807) is 25.1 Å². The fraction of sp³-hybridized carbons (Fsp3) is 0.316. The van der Waals surface area contributed by atoms with Gasteiger partial charge in [0.2, 0.25) is 5.28 Å². The molecule has 28 heavy (non-hydrogen) atoms. The Balaban J connectivity index is 0.00000127. The van der Waals surface area contributed by atoms with Crippen LogP contribution >= 0.6 is 23.2 Å². The molecule has 152 valence electrons. The number of hydrogen-bond donors (Lipinski definition) is 1. The number of aromatic nitrogens is 3. The molecular weight excluding hydrogens is 419 g/mol. The third-order valence-electron chi connectivity index (χ3n) is 3.76. The molecule has 0 aliphatic rings. The average molecular weight is 443 g/mol.